The van der Waals surface area contributed by atoms with E-state index in [1.54, 1.807) is 11.3 Å². The Labute approximate surface area is 87.8 Å². The molecule has 1 N–H and O–H groups in total. The van der Waals surface area contributed by atoms with Crippen molar-refractivity contribution in [3.05, 3.63) is 16.1 Å². The number of aryl methyl sites for hydroxylation is 1. The van der Waals surface area contributed by atoms with Gasteiger partial charge in [0.1, 0.15) is 11.0 Å². The molecule has 3 nitrogen and oxygen atoms in total. The fourth-order valence-electron chi connectivity index (χ4n) is 1.30. The van der Waals surface area contributed by atoms with E-state index in [0.717, 1.165) is 23.2 Å². The van der Waals surface area contributed by atoms with Crippen LogP contribution in [0.5, 0.6) is 0 Å². The molecule has 2 rings (SSSR count). The molecule has 0 radical (unpaired) electrons. The van der Waals surface area contributed by atoms with Crippen molar-refractivity contribution in [1.82, 2.24) is 10.3 Å². The predicted octanol–water partition coefficient (Wildman–Crippen LogP) is 2.02. The maximum Gasteiger partial charge on any atom is 0.148 e. The van der Waals surface area contributed by atoms with Crippen molar-refractivity contribution in [1.29, 1.82) is 5.26 Å². The van der Waals surface area contributed by atoms with Gasteiger partial charge in [-0.1, -0.05) is 0 Å². The van der Waals surface area contributed by atoms with Crippen molar-refractivity contribution >= 4 is 11.3 Å². The van der Waals surface area contributed by atoms with Crippen molar-refractivity contribution in [2.45, 2.75) is 25.8 Å². The molecule has 0 bridgehead atoms. The largest absolute Gasteiger partial charge is 0.296 e. The van der Waals surface area contributed by atoms with Gasteiger partial charge in [-0.2, -0.15) is 5.26 Å². The Hall–Kier alpha value is -0.920. The van der Waals surface area contributed by atoms with Crippen LogP contribution in [0.3, 0.4) is 0 Å². The quantitative estimate of drug-likeness (QED) is 0.821. The minimum atomic E-state index is -0.214. The number of nitrogens with one attached hydrogen (secondary N) is 1. The summed E-state index contributed by atoms with van der Waals surface area (Å²) in [5.41, 5.74) is 0.999. The molecule has 1 fully saturated rings. The summed E-state index contributed by atoms with van der Waals surface area (Å²) in [6.07, 6.45) is 2.62. The molecule has 0 spiro atoms. The lowest BCUT2D eigenvalue weighted by atomic mass is 10.3. The molecule has 1 saturated carbocycles. The summed E-state index contributed by atoms with van der Waals surface area (Å²) in [6, 6.07) is 2.04. The SMILES string of the molecule is Cc1csc(C(C#N)NCC2CC2)n1. The zero-order valence-electron chi connectivity index (χ0n) is 8.16. The number of aromatic nitrogens is 1. The van der Waals surface area contributed by atoms with E-state index in [1.807, 2.05) is 12.3 Å². The highest BCUT2D eigenvalue weighted by Crippen LogP contribution is 2.28. The summed E-state index contributed by atoms with van der Waals surface area (Å²) < 4.78 is 0. The van der Waals surface area contributed by atoms with Gasteiger partial charge in [0.2, 0.25) is 0 Å². The number of hydrogen-bond donors (Lipinski definition) is 1. The van der Waals surface area contributed by atoms with Crippen LogP contribution in [-0.4, -0.2) is 11.5 Å². The van der Waals surface area contributed by atoms with Gasteiger partial charge in [0, 0.05) is 11.1 Å². The molecule has 1 aromatic rings. The van der Waals surface area contributed by atoms with E-state index in [-0.39, 0.29) is 6.04 Å². The third kappa shape index (κ3) is 2.31. The van der Waals surface area contributed by atoms with Crippen LogP contribution in [0.2, 0.25) is 0 Å². The van der Waals surface area contributed by atoms with Crippen LogP contribution in [-0.2, 0) is 0 Å². The lowest BCUT2D eigenvalue weighted by Crippen LogP contribution is -2.22. The first-order chi connectivity index (χ1) is 6.79. The normalized spacial score (nSPS) is 17.7. The molecular weight excluding hydrogens is 194 g/mol. The van der Waals surface area contributed by atoms with Crippen LogP contribution in [0.1, 0.15) is 29.6 Å². The van der Waals surface area contributed by atoms with Gasteiger partial charge in [-0.25, -0.2) is 4.98 Å². The number of nitrogens with zero attached hydrogens (tertiary/aromatic N) is 2. The van der Waals surface area contributed by atoms with E-state index < -0.39 is 0 Å². The highest BCUT2D eigenvalue weighted by molar-refractivity contribution is 7.09. The van der Waals surface area contributed by atoms with Crippen molar-refractivity contribution in [3.8, 4) is 6.07 Å². The molecule has 1 aliphatic carbocycles. The van der Waals surface area contributed by atoms with E-state index in [1.165, 1.54) is 12.8 Å². The maximum absolute atomic E-state index is 8.98. The standard InChI is InChI=1S/C10H13N3S/c1-7-6-14-10(13-7)9(4-11)12-5-8-2-3-8/h6,8-9,12H,2-3,5H2,1H3. The molecule has 0 amide bonds. The molecule has 1 heterocycles. The van der Waals surface area contributed by atoms with Crippen LogP contribution >= 0.6 is 11.3 Å². The van der Waals surface area contributed by atoms with Gasteiger partial charge in [0.15, 0.2) is 0 Å². The summed E-state index contributed by atoms with van der Waals surface area (Å²) in [5, 5.41) is 15.1. The first kappa shape index (κ1) is 9.63. The molecule has 0 aromatic carbocycles. The third-order valence-electron chi connectivity index (χ3n) is 2.32. The van der Waals surface area contributed by atoms with Crippen LogP contribution in [0, 0.1) is 24.2 Å². The first-order valence-electron chi connectivity index (χ1n) is 4.84. The lowest BCUT2D eigenvalue weighted by molar-refractivity contribution is 0.590. The molecule has 1 atom stereocenters. The molecule has 74 valence electrons. The maximum atomic E-state index is 8.98. The van der Waals surface area contributed by atoms with Crippen molar-refractivity contribution in [3.63, 3.8) is 0 Å². The Morgan fingerprint density at radius 3 is 3.07 bits per heavy atom. The number of thiazole rings is 1. The summed E-state index contributed by atoms with van der Waals surface area (Å²) in [4.78, 5) is 4.31. The number of rotatable bonds is 4. The minimum absolute atomic E-state index is 0.214. The predicted molar refractivity (Wildman–Crippen MR) is 55.9 cm³/mol. The minimum Gasteiger partial charge on any atom is -0.296 e. The van der Waals surface area contributed by atoms with Gasteiger partial charge >= 0.3 is 0 Å². The van der Waals surface area contributed by atoms with E-state index >= 15 is 0 Å². The molecule has 1 aromatic heterocycles. The van der Waals surface area contributed by atoms with E-state index in [9.17, 15) is 0 Å². The Morgan fingerprint density at radius 1 is 1.79 bits per heavy atom. The van der Waals surface area contributed by atoms with Crippen LogP contribution in [0.25, 0.3) is 0 Å². The molecule has 4 heteroatoms. The monoisotopic (exact) mass is 207 g/mol. The van der Waals surface area contributed by atoms with Crippen LogP contribution in [0.4, 0.5) is 0 Å². The van der Waals surface area contributed by atoms with Gasteiger partial charge in [-0.05, 0) is 32.2 Å². The Balaban J connectivity index is 1.94. The van der Waals surface area contributed by atoms with E-state index in [2.05, 4.69) is 16.4 Å². The Bertz CT molecular complexity index is 348. The van der Waals surface area contributed by atoms with Gasteiger partial charge in [0.25, 0.3) is 0 Å². The second kappa shape index (κ2) is 4.07. The number of nitriles is 1. The van der Waals surface area contributed by atoms with Crippen LogP contribution in [0.15, 0.2) is 5.38 Å². The smallest absolute Gasteiger partial charge is 0.148 e. The fourth-order valence-corrected chi connectivity index (χ4v) is 2.11. The average molecular weight is 207 g/mol. The summed E-state index contributed by atoms with van der Waals surface area (Å²) in [5.74, 6) is 0.798. The first-order valence-corrected chi connectivity index (χ1v) is 5.72. The van der Waals surface area contributed by atoms with Crippen molar-refractivity contribution < 1.29 is 0 Å². The molecule has 0 aliphatic heterocycles. The fraction of sp³-hybridized carbons (Fsp3) is 0.600. The van der Waals surface area contributed by atoms with Gasteiger partial charge in [0.05, 0.1) is 6.07 Å². The van der Waals surface area contributed by atoms with E-state index in [4.69, 9.17) is 5.26 Å². The lowest BCUT2D eigenvalue weighted by Gasteiger charge is -2.07. The zero-order chi connectivity index (χ0) is 9.97. The molecular formula is C10H13N3S. The highest BCUT2D eigenvalue weighted by atomic mass is 32.1. The molecule has 0 saturated heterocycles. The molecule has 1 aliphatic rings. The van der Waals surface area contributed by atoms with Gasteiger partial charge in [-0.3, -0.25) is 5.32 Å². The molecule has 1 unspecified atom stereocenters. The summed E-state index contributed by atoms with van der Waals surface area (Å²) in [6.45, 7) is 2.91. The second-order valence-electron chi connectivity index (χ2n) is 3.74. The summed E-state index contributed by atoms with van der Waals surface area (Å²) >= 11 is 1.56. The Kier molecular flexibility index (Phi) is 2.80. The zero-order valence-corrected chi connectivity index (χ0v) is 8.97. The average Bonchev–Trinajstić information content (AvgIpc) is 2.90. The third-order valence-corrected chi connectivity index (χ3v) is 3.35. The molecule has 14 heavy (non-hydrogen) atoms. The van der Waals surface area contributed by atoms with Crippen LogP contribution < -0.4 is 5.32 Å². The Morgan fingerprint density at radius 2 is 2.57 bits per heavy atom. The van der Waals surface area contributed by atoms with E-state index in [0.29, 0.717) is 0 Å². The highest BCUT2D eigenvalue weighted by Gasteiger charge is 2.23. The number of hydrogen-bond acceptors (Lipinski definition) is 4. The van der Waals surface area contributed by atoms with Gasteiger partial charge < -0.3 is 0 Å². The van der Waals surface area contributed by atoms with Crippen molar-refractivity contribution in [2.24, 2.45) is 5.92 Å². The summed E-state index contributed by atoms with van der Waals surface area (Å²) in [7, 11) is 0. The van der Waals surface area contributed by atoms with Gasteiger partial charge in [-0.15, -0.1) is 11.3 Å². The topological polar surface area (TPSA) is 48.7 Å². The second-order valence-corrected chi connectivity index (χ2v) is 4.63. The van der Waals surface area contributed by atoms with Crippen molar-refractivity contribution in [2.75, 3.05) is 6.54 Å².